The van der Waals surface area contributed by atoms with Gasteiger partial charge in [-0.3, -0.25) is 4.79 Å². The van der Waals surface area contributed by atoms with Crippen molar-refractivity contribution in [1.29, 1.82) is 0 Å². The number of halogens is 1. The van der Waals surface area contributed by atoms with Crippen LogP contribution in [0.1, 0.15) is 26.3 Å². The standard InChI is InChI=1S/C16H21BrN2O5/c1-4-23-13(10-20)18-15(22)19-16(3,14(21)24-5-2)11-6-8-12(17)9-7-11/h6-10,13H,4-5H2,1-3H3,(H2,18,19,22)/t13?,16-/m0/s1. The van der Waals surface area contributed by atoms with Gasteiger partial charge >= 0.3 is 12.0 Å². The molecule has 1 rings (SSSR count). The Morgan fingerprint density at radius 3 is 2.38 bits per heavy atom. The van der Waals surface area contributed by atoms with E-state index in [-0.39, 0.29) is 13.2 Å². The molecule has 0 aliphatic heterocycles. The highest BCUT2D eigenvalue weighted by atomic mass is 79.9. The summed E-state index contributed by atoms with van der Waals surface area (Å²) < 4.78 is 11.0. The van der Waals surface area contributed by atoms with Crippen molar-refractivity contribution in [1.82, 2.24) is 10.6 Å². The Balaban J connectivity index is 3.01. The van der Waals surface area contributed by atoms with Crippen LogP contribution in [0.4, 0.5) is 4.79 Å². The first kappa shape index (κ1) is 20.1. The molecule has 0 fully saturated rings. The minimum atomic E-state index is -1.42. The van der Waals surface area contributed by atoms with E-state index in [9.17, 15) is 14.4 Å². The largest absolute Gasteiger partial charge is 0.464 e. The van der Waals surface area contributed by atoms with Crippen LogP contribution in [0.25, 0.3) is 0 Å². The maximum atomic E-state index is 12.4. The van der Waals surface area contributed by atoms with Gasteiger partial charge < -0.3 is 20.1 Å². The summed E-state index contributed by atoms with van der Waals surface area (Å²) in [6, 6.07) is 6.17. The summed E-state index contributed by atoms with van der Waals surface area (Å²) in [5.74, 6) is -0.610. The van der Waals surface area contributed by atoms with Crippen molar-refractivity contribution in [3.8, 4) is 0 Å². The van der Waals surface area contributed by atoms with Gasteiger partial charge in [0.25, 0.3) is 0 Å². The van der Waals surface area contributed by atoms with Crippen LogP contribution in [0.3, 0.4) is 0 Å². The number of ether oxygens (including phenoxy) is 2. The van der Waals surface area contributed by atoms with Crippen LogP contribution in [0.5, 0.6) is 0 Å². The number of rotatable bonds is 8. The lowest BCUT2D eigenvalue weighted by Gasteiger charge is -2.29. The Labute approximate surface area is 149 Å². The second kappa shape index (κ2) is 9.39. The van der Waals surface area contributed by atoms with Gasteiger partial charge in [-0.05, 0) is 38.5 Å². The lowest BCUT2D eigenvalue weighted by molar-refractivity contribution is -0.150. The molecule has 2 N–H and O–H groups in total. The monoisotopic (exact) mass is 400 g/mol. The van der Waals surface area contributed by atoms with Gasteiger partial charge in [0.1, 0.15) is 0 Å². The van der Waals surface area contributed by atoms with Gasteiger partial charge in [-0.15, -0.1) is 0 Å². The number of esters is 1. The van der Waals surface area contributed by atoms with Crippen LogP contribution in [0.15, 0.2) is 28.7 Å². The molecule has 0 heterocycles. The molecule has 0 aliphatic rings. The number of carbonyl (C=O) groups excluding carboxylic acids is 3. The Kier molecular flexibility index (Phi) is 7.87. The number of hydrogen-bond donors (Lipinski definition) is 2. The molecule has 0 bridgehead atoms. The molecule has 0 spiro atoms. The van der Waals surface area contributed by atoms with Crippen molar-refractivity contribution in [2.45, 2.75) is 32.5 Å². The zero-order valence-electron chi connectivity index (χ0n) is 13.8. The van der Waals surface area contributed by atoms with Gasteiger partial charge in [0.2, 0.25) is 0 Å². The van der Waals surface area contributed by atoms with Gasteiger partial charge in [0.15, 0.2) is 18.1 Å². The maximum absolute atomic E-state index is 12.4. The second-order valence-corrected chi connectivity index (χ2v) is 5.88. The molecule has 0 saturated heterocycles. The number of amides is 2. The molecule has 2 amide bonds. The molecule has 2 atom stereocenters. The topological polar surface area (TPSA) is 93.7 Å². The fourth-order valence-corrected chi connectivity index (χ4v) is 2.25. The molecule has 132 valence electrons. The third-order valence-corrected chi connectivity index (χ3v) is 3.74. The summed E-state index contributed by atoms with van der Waals surface area (Å²) in [5, 5.41) is 4.90. The Hall–Kier alpha value is -1.93. The van der Waals surface area contributed by atoms with Crippen molar-refractivity contribution in [2.75, 3.05) is 13.2 Å². The van der Waals surface area contributed by atoms with Gasteiger partial charge in [-0.1, -0.05) is 28.1 Å². The minimum Gasteiger partial charge on any atom is -0.464 e. The average Bonchev–Trinajstić information content (AvgIpc) is 2.54. The zero-order chi connectivity index (χ0) is 18.2. The molecule has 8 heteroatoms. The van der Waals surface area contributed by atoms with Crippen molar-refractivity contribution >= 4 is 34.2 Å². The minimum absolute atomic E-state index is 0.171. The Morgan fingerprint density at radius 1 is 1.25 bits per heavy atom. The zero-order valence-corrected chi connectivity index (χ0v) is 15.4. The van der Waals surface area contributed by atoms with E-state index >= 15 is 0 Å². The SMILES string of the molecule is CCOC(=O)[C@@](C)(NC(=O)NC(C=O)OCC)c1ccc(Br)cc1. The van der Waals surface area contributed by atoms with Crippen molar-refractivity contribution < 1.29 is 23.9 Å². The third-order valence-electron chi connectivity index (χ3n) is 3.21. The van der Waals surface area contributed by atoms with Gasteiger partial charge in [-0.2, -0.15) is 0 Å². The summed E-state index contributed by atoms with van der Waals surface area (Å²) in [6.45, 7) is 5.33. The number of carbonyl (C=O) groups is 3. The molecule has 0 saturated carbocycles. The highest BCUT2D eigenvalue weighted by Crippen LogP contribution is 2.24. The van der Waals surface area contributed by atoms with Crippen LogP contribution in [-0.2, 0) is 24.6 Å². The van der Waals surface area contributed by atoms with Crippen LogP contribution in [-0.4, -0.2) is 37.7 Å². The molecular formula is C16H21BrN2O5. The lowest BCUT2D eigenvalue weighted by Crippen LogP contribution is -2.55. The number of benzene rings is 1. The molecule has 0 aliphatic carbocycles. The van der Waals surface area contributed by atoms with E-state index in [0.29, 0.717) is 11.8 Å². The van der Waals surface area contributed by atoms with Crippen molar-refractivity contribution in [3.05, 3.63) is 34.3 Å². The predicted octanol–water partition coefficient (Wildman–Crippen LogP) is 2.09. The van der Waals surface area contributed by atoms with Gasteiger partial charge in [0.05, 0.1) is 6.61 Å². The van der Waals surface area contributed by atoms with Crippen LogP contribution in [0, 0.1) is 0 Å². The lowest BCUT2D eigenvalue weighted by atomic mass is 9.92. The first-order valence-corrected chi connectivity index (χ1v) is 8.25. The second-order valence-electron chi connectivity index (χ2n) is 4.96. The van der Waals surface area contributed by atoms with E-state index in [2.05, 4.69) is 26.6 Å². The Morgan fingerprint density at radius 2 is 1.88 bits per heavy atom. The fraction of sp³-hybridized carbons (Fsp3) is 0.438. The summed E-state index contributed by atoms with van der Waals surface area (Å²) in [6.07, 6.45) is -0.629. The molecule has 7 nitrogen and oxygen atoms in total. The average molecular weight is 401 g/mol. The summed E-state index contributed by atoms with van der Waals surface area (Å²) in [4.78, 5) is 35.4. The van der Waals surface area contributed by atoms with E-state index in [1.54, 1.807) is 38.1 Å². The highest BCUT2D eigenvalue weighted by Gasteiger charge is 2.38. The van der Waals surface area contributed by atoms with Crippen LogP contribution in [0.2, 0.25) is 0 Å². The first-order chi connectivity index (χ1) is 11.4. The summed E-state index contributed by atoms with van der Waals surface area (Å²) in [7, 11) is 0. The van der Waals surface area contributed by atoms with Gasteiger partial charge in [-0.25, -0.2) is 9.59 Å². The van der Waals surface area contributed by atoms with E-state index < -0.39 is 23.8 Å². The van der Waals surface area contributed by atoms with Gasteiger partial charge in [0, 0.05) is 11.1 Å². The fourth-order valence-electron chi connectivity index (χ4n) is 1.99. The predicted molar refractivity (Wildman–Crippen MR) is 91.3 cm³/mol. The van der Waals surface area contributed by atoms with Crippen LogP contribution < -0.4 is 10.6 Å². The highest BCUT2D eigenvalue weighted by molar-refractivity contribution is 9.10. The van der Waals surface area contributed by atoms with Crippen molar-refractivity contribution in [3.63, 3.8) is 0 Å². The first-order valence-electron chi connectivity index (χ1n) is 7.46. The molecule has 1 unspecified atom stereocenters. The van der Waals surface area contributed by atoms with Crippen LogP contribution >= 0.6 is 15.9 Å². The summed E-state index contributed by atoms with van der Waals surface area (Å²) in [5.41, 5.74) is -0.876. The molecular weight excluding hydrogens is 380 g/mol. The smallest absolute Gasteiger partial charge is 0.336 e. The summed E-state index contributed by atoms with van der Waals surface area (Å²) >= 11 is 3.32. The molecule has 1 aromatic rings. The molecule has 1 aromatic carbocycles. The maximum Gasteiger partial charge on any atom is 0.336 e. The quantitative estimate of drug-likeness (QED) is 0.395. The van der Waals surface area contributed by atoms with E-state index in [1.165, 1.54) is 6.92 Å². The number of nitrogens with one attached hydrogen (secondary N) is 2. The van der Waals surface area contributed by atoms with E-state index in [4.69, 9.17) is 9.47 Å². The third kappa shape index (κ3) is 5.31. The van der Waals surface area contributed by atoms with E-state index in [1.807, 2.05) is 0 Å². The molecule has 24 heavy (non-hydrogen) atoms. The number of hydrogen-bond acceptors (Lipinski definition) is 5. The van der Waals surface area contributed by atoms with Crippen molar-refractivity contribution in [2.24, 2.45) is 0 Å². The van der Waals surface area contributed by atoms with E-state index in [0.717, 1.165) is 4.47 Å². The normalized spacial score (nSPS) is 14.2. The Bertz CT molecular complexity index is 578. The molecule has 0 radical (unpaired) electrons. The molecule has 0 aromatic heterocycles. The number of urea groups is 1. The number of aldehydes is 1.